The Hall–Kier alpha value is -1.40. The Morgan fingerprint density at radius 3 is 2.22 bits per heavy atom. The summed E-state index contributed by atoms with van der Waals surface area (Å²) in [5.41, 5.74) is 2.05. The van der Waals surface area contributed by atoms with Gasteiger partial charge in [0.15, 0.2) is 0 Å². The number of nitrogens with one attached hydrogen (secondary N) is 2. The second-order valence-corrected chi connectivity index (χ2v) is 5.32. The van der Waals surface area contributed by atoms with Crippen LogP contribution in [0.1, 0.15) is 46.4 Å². The fourth-order valence-electron chi connectivity index (χ4n) is 1.30. The van der Waals surface area contributed by atoms with Crippen LogP contribution in [0, 0.1) is 0 Å². The molecule has 1 aromatic rings. The van der Waals surface area contributed by atoms with Gasteiger partial charge in [0.1, 0.15) is 17.5 Å². The van der Waals surface area contributed by atoms with E-state index in [2.05, 4.69) is 20.7 Å². The van der Waals surface area contributed by atoms with E-state index in [1.807, 2.05) is 27.7 Å². The first-order chi connectivity index (χ1) is 8.26. The molecule has 5 N–H and O–H groups in total. The molecule has 0 saturated carbocycles. The zero-order valence-corrected chi connectivity index (χ0v) is 11.7. The summed E-state index contributed by atoms with van der Waals surface area (Å²) in [5.74, 6) is 7.50. The van der Waals surface area contributed by atoms with E-state index >= 15 is 0 Å². The molecule has 1 heterocycles. The number of hydrogen-bond acceptors (Lipinski definition) is 6. The van der Waals surface area contributed by atoms with Gasteiger partial charge < -0.3 is 15.8 Å². The molecular formula is C12H23N5O. The van der Waals surface area contributed by atoms with Gasteiger partial charge in [0.05, 0.1) is 11.6 Å². The van der Waals surface area contributed by atoms with E-state index in [9.17, 15) is 5.11 Å². The molecule has 6 nitrogen and oxygen atoms in total. The van der Waals surface area contributed by atoms with Gasteiger partial charge in [0.2, 0.25) is 0 Å². The molecule has 0 aromatic carbocycles. The normalized spacial score (nSPS) is 13.6. The van der Waals surface area contributed by atoms with Crippen LogP contribution >= 0.6 is 0 Å². The highest BCUT2D eigenvalue weighted by Crippen LogP contribution is 2.21. The number of anilines is 2. The second-order valence-electron chi connectivity index (χ2n) is 5.32. The van der Waals surface area contributed by atoms with Crippen molar-refractivity contribution in [2.24, 2.45) is 5.84 Å². The third kappa shape index (κ3) is 3.54. The number of rotatable bonds is 5. The van der Waals surface area contributed by atoms with Crippen LogP contribution < -0.4 is 16.6 Å². The van der Waals surface area contributed by atoms with Crippen molar-refractivity contribution in [3.63, 3.8) is 0 Å². The maximum atomic E-state index is 9.70. The van der Waals surface area contributed by atoms with Gasteiger partial charge in [0, 0.05) is 12.0 Å². The highest BCUT2D eigenvalue weighted by molar-refractivity contribution is 5.48. The van der Waals surface area contributed by atoms with Crippen LogP contribution in [-0.2, 0) is 0 Å². The lowest BCUT2D eigenvalue weighted by molar-refractivity contribution is 0.133. The van der Waals surface area contributed by atoms with Gasteiger partial charge in [-0.25, -0.2) is 15.8 Å². The molecule has 6 heteroatoms. The smallest absolute Gasteiger partial charge is 0.145 e. The molecule has 0 saturated heterocycles. The minimum Gasteiger partial charge on any atom is -0.391 e. The number of hydrazine groups is 1. The molecule has 0 amide bonds. The highest BCUT2D eigenvalue weighted by Gasteiger charge is 2.24. The Morgan fingerprint density at radius 1 is 1.22 bits per heavy atom. The number of aliphatic hydroxyl groups is 1. The van der Waals surface area contributed by atoms with E-state index in [-0.39, 0.29) is 5.92 Å². The number of aliphatic hydroxyl groups excluding tert-OH is 1. The lowest BCUT2D eigenvalue weighted by Crippen LogP contribution is -2.42. The van der Waals surface area contributed by atoms with Crippen LogP contribution in [0.25, 0.3) is 0 Å². The van der Waals surface area contributed by atoms with E-state index in [0.717, 1.165) is 0 Å². The quantitative estimate of drug-likeness (QED) is 0.468. The topological polar surface area (TPSA) is 96.1 Å². The van der Waals surface area contributed by atoms with Gasteiger partial charge in [-0.2, -0.15) is 0 Å². The van der Waals surface area contributed by atoms with E-state index in [1.54, 1.807) is 13.0 Å². The number of nitrogen functional groups attached to an aromatic ring is 1. The largest absolute Gasteiger partial charge is 0.391 e. The minimum atomic E-state index is -0.510. The van der Waals surface area contributed by atoms with E-state index in [0.29, 0.717) is 17.5 Å². The van der Waals surface area contributed by atoms with E-state index < -0.39 is 11.6 Å². The lowest BCUT2D eigenvalue weighted by Gasteiger charge is -2.30. The average molecular weight is 253 g/mol. The van der Waals surface area contributed by atoms with E-state index in [1.165, 1.54) is 0 Å². The summed E-state index contributed by atoms with van der Waals surface area (Å²) in [6.45, 7) is 9.58. The fourth-order valence-corrected chi connectivity index (χ4v) is 1.30. The molecule has 0 bridgehead atoms. The van der Waals surface area contributed by atoms with Crippen molar-refractivity contribution in [2.75, 3.05) is 10.7 Å². The number of hydrogen-bond donors (Lipinski definition) is 4. The Morgan fingerprint density at radius 2 is 1.78 bits per heavy atom. The molecule has 0 aliphatic carbocycles. The summed E-state index contributed by atoms with van der Waals surface area (Å²) in [4.78, 5) is 8.70. The van der Waals surface area contributed by atoms with Crippen LogP contribution in [0.15, 0.2) is 6.07 Å². The maximum Gasteiger partial charge on any atom is 0.145 e. The molecule has 0 radical (unpaired) electrons. The van der Waals surface area contributed by atoms with Crippen LogP contribution in [0.4, 0.5) is 11.6 Å². The number of aromatic nitrogens is 2. The summed E-state index contributed by atoms with van der Waals surface area (Å²) < 4.78 is 0. The van der Waals surface area contributed by atoms with Gasteiger partial charge in [-0.3, -0.25) is 0 Å². The molecule has 1 aromatic heterocycles. The molecule has 1 unspecified atom stereocenters. The van der Waals surface area contributed by atoms with E-state index in [4.69, 9.17) is 5.84 Å². The number of nitrogens with zero attached hydrogens (tertiary/aromatic N) is 2. The monoisotopic (exact) mass is 253 g/mol. The molecular weight excluding hydrogens is 230 g/mol. The van der Waals surface area contributed by atoms with Gasteiger partial charge >= 0.3 is 0 Å². The predicted molar refractivity (Wildman–Crippen MR) is 73.3 cm³/mol. The van der Waals surface area contributed by atoms with Crippen molar-refractivity contribution in [1.29, 1.82) is 0 Å². The van der Waals surface area contributed by atoms with Crippen molar-refractivity contribution < 1.29 is 5.11 Å². The first-order valence-electron chi connectivity index (χ1n) is 6.08. The summed E-state index contributed by atoms with van der Waals surface area (Å²) in [5, 5.41) is 12.9. The Bertz CT molecular complexity index is 403. The Kier molecular flexibility index (Phi) is 4.48. The van der Waals surface area contributed by atoms with Crippen molar-refractivity contribution in [3.8, 4) is 0 Å². The molecule has 1 atom stereocenters. The third-order valence-electron chi connectivity index (χ3n) is 2.90. The highest BCUT2D eigenvalue weighted by atomic mass is 16.3. The lowest BCUT2D eigenvalue weighted by atomic mass is 9.99. The zero-order chi connectivity index (χ0) is 13.9. The zero-order valence-electron chi connectivity index (χ0n) is 11.7. The molecule has 0 aliphatic heterocycles. The van der Waals surface area contributed by atoms with Crippen molar-refractivity contribution in [1.82, 2.24) is 9.97 Å². The predicted octanol–water partition coefficient (Wildman–Crippen LogP) is 1.46. The van der Waals surface area contributed by atoms with Crippen molar-refractivity contribution in [2.45, 2.75) is 52.2 Å². The molecule has 0 fully saturated rings. The third-order valence-corrected chi connectivity index (χ3v) is 2.90. The fraction of sp³-hybridized carbons (Fsp3) is 0.667. The van der Waals surface area contributed by atoms with Gasteiger partial charge in [-0.1, -0.05) is 13.8 Å². The van der Waals surface area contributed by atoms with Crippen LogP contribution in [0.2, 0.25) is 0 Å². The van der Waals surface area contributed by atoms with Gasteiger partial charge in [-0.15, -0.1) is 0 Å². The molecule has 1 rings (SSSR count). The summed E-state index contributed by atoms with van der Waals surface area (Å²) in [7, 11) is 0. The molecule has 102 valence electrons. The van der Waals surface area contributed by atoms with Crippen LogP contribution in [0.5, 0.6) is 0 Å². The standard InChI is InChI=1S/C12H23N5O/c1-7(2)11-14-9(6-10(15-11)17-13)16-12(4,5)8(3)18/h6-8,18H,13H2,1-5H3,(H2,14,15,16,17). The van der Waals surface area contributed by atoms with Gasteiger partial charge in [-0.05, 0) is 20.8 Å². The average Bonchev–Trinajstić information content (AvgIpc) is 2.27. The van der Waals surface area contributed by atoms with Gasteiger partial charge in [0.25, 0.3) is 0 Å². The first-order valence-corrected chi connectivity index (χ1v) is 6.08. The number of nitrogens with two attached hydrogens (primary N) is 1. The minimum absolute atomic E-state index is 0.202. The molecule has 18 heavy (non-hydrogen) atoms. The van der Waals surface area contributed by atoms with Crippen molar-refractivity contribution >= 4 is 11.6 Å². The Balaban J connectivity index is 3.05. The van der Waals surface area contributed by atoms with Crippen LogP contribution in [0.3, 0.4) is 0 Å². The molecule has 0 aliphatic rings. The maximum absolute atomic E-state index is 9.70. The van der Waals surface area contributed by atoms with Crippen LogP contribution in [-0.4, -0.2) is 26.7 Å². The van der Waals surface area contributed by atoms with Crippen molar-refractivity contribution in [3.05, 3.63) is 11.9 Å². The molecule has 0 spiro atoms. The summed E-state index contributed by atoms with van der Waals surface area (Å²) in [6, 6.07) is 1.72. The Labute approximate surface area is 108 Å². The summed E-state index contributed by atoms with van der Waals surface area (Å²) >= 11 is 0. The first kappa shape index (κ1) is 14.7. The SMILES string of the molecule is CC(C)c1nc(NN)cc(NC(C)(C)C(C)O)n1. The summed E-state index contributed by atoms with van der Waals surface area (Å²) in [6.07, 6.45) is -0.510. The second kappa shape index (κ2) is 5.49.